The Bertz CT molecular complexity index is 1490. The van der Waals surface area contributed by atoms with Gasteiger partial charge in [0.05, 0.1) is 11.7 Å². The Morgan fingerprint density at radius 3 is 2.71 bits per heavy atom. The average Bonchev–Trinajstić information content (AvgIpc) is 3.60. The quantitative estimate of drug-likeness (QED) is 0.378. The normalized spacial score (nSPS) is 17.3. The molecule has 1 atom stereocenters. The largest absolute Gasteiger partial charge is 0.332 e. The van der Waals surface area contributed by atoms with Crippen LogP contribution < -0.4 is 5.32 Å². The number of hydrogen-bond acceptors (Lipinski definition) is 6. The van der Waals surface area contributed by atoms with Gasteiger partial charge in [-0.15, -0.1) is 11.3 Å². The van der Waals surface area contributed by atoms with Crippen molar-refractivity contribution in [2.24, 2.45) is 0 Å². The molecule has 0 radical (unpaired) electrons. The van der Waals surface area contributed by atoms with E-state index in [1.165, 1.54) is 4.88 Å². The van der Waals surface area contributed by atoms with Gasteiger partial charge in [-0.3, -0.25) is 19.9 Å². The van der Waals surface area contributed by atoms with E-state index in [1.807, 2.05) is 65.6 Å². The maximum absolute atomic E-state index is 13.6. The summed E-state index contributed by atoms with van der Waals surface area (Å²) in [5, 5.41) is 3.64. The zero-order chi connectivity index (χ0) is 26.1. The predicted molar refractivity (Wildman–Crippen MR) is 149 cm³/mol. The lowest BCUT2D eigenvalue weighted by atomic mass is 10.00. The lowest BCUT2D eigenvalue weighted by molar-refractivity contribution is 0.0735. The molecule has 192 valence electrons. The smallest absolute Gasteiger partial charge is 0.257 e. The fraction of sp³-hybridized carbons (Fsp3) is 0.267. The number of carbonyl (C=O) groups is 2. The average molecular weight is 524 g/mol. The minimum absolute atomic E-state index is 0.00595. The van der Waals surface area contributed by atoms with Gasteiger partial charge in [0.15, 0.2) is 5.13 Å². The first-order valence-electron chi connectivity index (χ1n) is 12.9. The number of likely N-dealkylation sites (tertiary alicyclic amines) is 1. The lowest BCUT2D eigenvalue weighted by Crippen LogP contribution is -2.30. The van der Waals surface area contributed by atoms with Crippen LogP contribution >= 0.6 is 11.3 Å². The molecular formula is C30H29N5O2S. The molecule has 0 spiro atoms. The molecule has 4 aromatic rings. The predicted octanol–water partition coefficient (Wildman–Crippen LogP) is 5.42. The first kappa shape index (κ1) is 24.5. The number of nitrogens with zero attached hydrogens (tertiary/aromatic N) is 4. The molecule has 2 aromatic heterocycles. The molecule has 2 amide bonds. The second kappa shape index (κ2) is 10.5. The van der Waals surface area contributed by atoms with Crippen molar-refractivity contribution in [1.82, 2.24) is 19.8 Å². The number of amides is 2. The van der Waals surface area contributed by atoms with E-state index < -0.39 is 0 Å². The van der Waals surface area contributed by atoms with Crippen LogP contribution in [0.5, 0.6) is 0 Å². The van der Waals surface area contributed by atoms with Gasteiger partial charge < -0.3 is 9.80 Å². The second-order valence-electron chi connectivity index (χ2n) is 9.94. The van der Waals surface area contributed by atoms with Crippen LogP contribution in [-0.4, -0.2) is 51.7 Å². The van der Waals surface area contributed by atoms with Gasteiger partial charge in [0, 0.05) is 60.0 Å². The third-order valence-electron chi connectivity index (χ3n) is 7.29. The number of aromatic nitrogens is 2. The molecule has 2 aliphatic heterocycles. The molecule has 1 fully saturated rings. The minimum Gasteiger partial charge on any atom is -0.332 e. The van der Waals surface area contributed by atoms with Crippen molar-refractivity contribution in [2.45, 2.75) is 31.8 Å². The zero-order valence-electron chi connectivity index (χ0n) is 21.3. The highest BCUT2D eigenvalue weighted by atomic mass is 32.1. The van der Waals surface area contributed by atoms with Crippen LogP contribution in [0.3, 0.4) is 0 Å². The number of fused-ring (bicyclic) bond motifs is 1. The van der Waals surface area contributed by atoms with Gasteiger partial charge in [0.2, 0.25) is 0 Å². The van der Waals surface area contributed by atoms with E-state index in [2.05, 4.69) is 27.2 Å². The van der Waals surface area contributed by atoms with Gasteiger partial charge in [-0.05, 0) is 61.3 Å². The first-order valence-corrected chi connectivity index (χ1v) is 13.8. The van der Waals surface area contributed by atoms with Gasteiger partial charge in [-0.25, -0.2) is 4.98 Å². The summed E-state index contributed by atoms with van der Waals surface area (Å²) in [5.41, 5.74) is 5.24. The van der Waals surface area contributed by atoms with Gasteiger partial charge in [0.25, 0.3) is 11.8 Å². The topological polar surface area (TPSA) is 78.4 Å². The summed E-state index contributed by atoms with van der Waals surface area (Å²) in [6.45, 7) is 2.54. The second-order valence-corrected chi connectivity index (χ2v) is 11.0. The summed E-state index contributed by atoms with van der Waals surface area (Å²) >= 11 is 1.55. The third kappa shape index (κ3) is 4.97. The SMILES string of the molecule is CN1CCc2nc(NC(=O)c3cccc(C4CCCN4C(=O)c4cccc(-c5cccnc5)c4)c3)sc2C1. The Balaban J connectivity index is 1.19. The van der Waals surface area contributed by atoms with Crippen LogP contribution in [0.4, 0.5) is 5.13 Å². The highest BCUT2D eigenvalue weighted by Gasteiger charge is 2.31. The van der Waals surface area contributed by atoms with Gasteiger partial charge in [0.1, 0.15) is 0 Å². The first-order chi connectivity index (χ1) is 18.5. The molecule has 2 aliphatic rings. The molecule has 0 saturated carbocycles. The molecule has 1 saturated heterocycles. The Morgan fingerprint density at radius 1 is 1.00 bits per heavy atom. The van der Waals surface area contributed by atoms with Crippen LogP contribution in [0.1, 0.15) is 55.7 Å². The Hall–Kier alpha value is -3.88. The van der Waals surface area contributed by atoms with Crippen molar-refractivity contribution < 1.29 is 9.59 Å². The third-order valence-corrected chi connectivity index (χ3v) is 8.29. The summed E-state index contributed by atoms with van der Waals surface area (Å²) in [6.07, 6.45) is 6.24. The highest BCUT2D eigenvalue weighted by molar-refractivity contribution is 7.15. The summed E-state index contributed by atoms with van der Waals surface area (Å²) in [7, 11) is 2.10. The number of likely N-dealkylation sites (N-methyl/N-ethyl adjacent to an activating group) is 1. The number of hydrogen-bond donors (Lipinski definition) is 1. The van der Waals surface area contributed by atoms with E-state index in [0.717, 1.165) is 54.7 Å². The van der Waals surface area contributed by atoms with E-state index in [0.29, 0.717) is 22.8 Å². The molecule has 1 N–H and O–H groups in total. The molecule has 8 heteroatoms. The molecule has 4 heterocycles. The lowest BCUT2D eigenvalue weighted by Gasteiger charge is -2.26. The fourth-order valence-electron chi connectivity index (χ4n) is 5.32. The molecule has 7 nitrogen and oxygen atoms in total. The van der Waals surface area contributed by atoms with E-state index in [4.69, 9.17) is 0 Å². The number of pyridine rings is 1. The fourth-order valence-corrected chi connectivity index (χ4v) is 6.40. The Labute approximate surface area is 226 Å². The molecule has 38 heavy (non-hydrogen) atoms. The molecule has 1 unspecified atom stereocenters. The number of carbonyl (C=O) groups excluding carboxylic acids is 2. The van der Waals surface area contributed by atoms with Gasteiger partial charge in [-0.2, -0.15) is 0 Å². The highest BCUT2D eigenvalue weighted by Crippen LogP contribution is 2.34. The summed E-state index contributed by atoms with van der Waals surface area (Å²) in [4.78, 5) is 41.0. The minimum atomic E-state index is -0.175. The van der Waals surface area contributed by atoms with E-state index >= 15 is 0 Å². The monoisotopic (exact) mass is 523 g/mol. The molecule has 0 bridgehead atoms. The van der Waals surface area contributed by atoms with Crippen LogP contribution in [0.2, 0.25) is 0 Å². The number of nitrogens with one attached hydrogen (secondary N) is 1. The molecule has 2 aromatic carbocycles. The Morgan fingerprint density at radius 2 is 1.84 bits per heavy atom. The summed E-state index contributed by atoms with van der Waals surface area (Å²) in [5.74, 6) is -0.169. The standard InChI is InChI=1S/C30H29N5O2S/c1-34-15-12-25-27(19-34)38-30(32-25)33-28(36)22-8-3-7-21(17-22)26-11-5-14-35(26)29(37)23-9-2-6-20(16-23)24-10-4-13-31-18-24/h2-4,6-10,13,16-18,26H,5,11-12,14-15,19H2,1H3,(H,32,33,36). The van der Waals surface area contributed by atoms with Crippen molar-refractivity contribution in [3.8, 4) is 11.1 Å². The molecular weight excluding hydrogens is 494 g/mol. The van der Waals surface area contributed by atoms with Crippen molar-refractivity contribution >= 4 is 28.3 Å². The summed E-state index contributed by atoms with van der Waals surface area (Å²) in [6, 6.07) is 19.2. The Kier molecular flexibility index (Phi) is 6.74. The molecule has 6 rings (SSSR count). The van der Waals surface area contributed by atoms with Crippen molar-refractivity contribution in [3.63, 3.8) is 0 Å². The van der Waals surface area contributed by atoms with E-state index in [9.17, 15) is 9.59 Å². The maximum Gasteiger partial charge on any atom is 0.257 e. The number of anilines is 1. The summed E-state index contributed by atoms with van der Waals surface area (Å²) < 4.78 is 0. The molecule has 0 aliphatic carbocycles. The van der Waals surface area contributed by atoms with Gasteiger partial charge >= 0.3 is 0 Å². The van der Waals surface area contributed by atoms with E-state index in [-0.39, 0.29) is 17.9 Å². The van der Waals surface area contributed by atoms with E-state index in [1.54, 1.807) is 23.7 Å². The van der Waals surface area contributed by atoms with Crippen molar-refractivity contribution in [3.05, 3.63) is 100 Å². The zero-order valence-corrected chi connectivity index (χ0v) is 22.1. The number of thiazole rings is 1. The van der Waals surface area contributed by atoms with Crippen LogP contribution in [0.15, 0.2) is 73.1 Å². The number of benzene rings is 2. The van der Waals surface area contributed by atoms with Gasteiger partial charge in [-0.1, -0.05) is 30.3 Å². The van der Waals surface area contributed by atoms with Crippen molar-refractivity contribution in [2.75, 3.05) is 25.5 Å². The number of rotatable bonds is 5. The maximum atomic E-state index is 13.6. The van der Waals surface area contributed by atoms with Crippen LogP contribution in [0.25, 0.3) is 11.1 Å². The van der Waals surface area contributed by atoms with Crippen LogP contribution in [0, 0.1) is 0 Å². The van der Waals surface area contributed by atoms with Crippen LogP contribution in [-0.2, 0) is 13.0 Å². The van der Waals surface area contributed by atoms with Crippen molar-refractivity contribution in [1.29, 1.82) is 0 Å².